The normalized spacial score (nSPS) is 12.6. The summed E-state index contributed by atoms with van der Waals surface area (Å²) in [5.41, 5.74) is 1.98. The van der Waals surface area contributed by atoms with Crippen LogP contribution in [-0.2, 0) is 10.0 Å². The summed E-state index contributed by atoms with van der Waals surface area (Å²) >= 11 is 0. The van der Waals surface area contributed by atoms with E-state index in [9.17, 15) is 4.21 Å². The lowest BCUT2D eigenvalue weighted by Gasteiger charge is -1.94. The fraction of sp³-hybridized carbons (Fsp3) is 0. The Morgan fingerprint density at radius 1 is 1.21 bits per heavy atom. The van der Waals surface area contributed by atoms with Crippen LogP contribution in [-0.4, -0.2) is 9.19 Å². The van der Waals surface area contributed by atoms with E-state index in [0.717, 1.165) is 11.3 Å². The van der Waals surface area contributed by atoms with Gasteiger partial charge in [0.05, 0.1) is 4.90 Å². The van der Waals surface area contributed by atoms with Gasteiger partial charge in [0, 0.05) is 11.9 Å². The van der Waals surface area contributed by atoms with Crippen molar-refractivity contribution in [2.24, 2.45) is 0 Å². The van der Waals surface area contributed by atoms with Crippen LogP contribution in [0.3, 0.4) is 0 Å². The lowest BCUT2D eigenvalue weighted by Crippen LogP contribution is -1.74. The van der Waals surface area contributed by atoms with Gasteiger partial charge in [0.25, 0.3) is 0 Å². The molecule has 1 atom stereocenters. The van der Waals surface area contributed by atoms with Gasteiger partial charge in [-0.3, -0.25) is 0 Å². The maximum atomic E-state index is 10.9. The minimum atomic E-state index is -1.44. The first-order chi connectivity index (χ1) is 6.77. The predicted octanol–water partition coefficient (Wildman–Crippen LogP) is 2.94. The molecule has 2 nitrogen and oxygen atoms in total. The van der Waals surface area contributed by atoms with Crippen LogP contribution >= 0.6 is 10.7 Å². The first kappa shape index (κ1) is 9.49. The summed E-state index contributed by atoms with van der Waals surface area (Å²) in [4.78, 5) is 3.63. The predicted molar refractivity (Wildman–Crippen MR) is 58.5 cm³/mol. The highest BCUT2D eigenvalue weighted by Gasteiger charge is 2.04. The number of hydrogen-bond donors (Lipinski definition) is 1. The highest BCUT2D eigenvalue weighted by molar-refractivity contribution is 8.08. The van der Waals surface area contributed by atoms with Gasteiger partial charge < -0.3 is 4.98 Å². The fourth-order valence-electron chi connectivity index (χ4n) is 1.25. The van der Waals surface area contributed by atoms with E-state index in [1.165, 1.54) is 0 Å². The van der Waals surface area contributed by atoms with E-state index >= 15 is 0 Å². The van der Waals surface area contributed by atoms with Crippen LogP contribution < -0.4 is 0 Å². The number of nitrogens with one attached hydrogen (secondary N) is 1. The van der Waals surface area contributed by atoms with Gasteiger partial charge in [-0.1, -0.05) is 30.3 Å². The van der Waals surface area contributed by atoms with E-state index in [1.807, 2.05) is 30.3 Å². The van der Waals surface area contributed by atoms with Crippen molar-refractivity contribution in [3.63, 3.8) is 0 Å². The number of halogens is 1. The summed E-state index contributed by atoms with van der Waals surface area (Å²) in [6, 6.07) is 11.6. The zero-order chi connectivity index (χ0) is 9.97. The van der Waals surface area contributed by atoms with E-state index < -0.39 is 10.0 Å². The SMILES string of the molecule is O=S(Cl)c1c[nH]c(-c2ccccc2)c1. The van der Waals surface area contributed by atoms with Gasteiger partial charge in [-0.2, -0.15) is 0 Å². The average molecular weight is 226 g/mol. The second-order valence-corrected chi connectivity index (χ2v) is 4.60. The molecule has 2 aromatic rings. The minimum absolute atomic E-state index is 0.602. The molecule has 1 heterocycles. The summed E-state index contributed by atoms with van der Waals surface area (Å²) in [6.45, 7) is 0. The Hall–Kier alpha value is -1.06. The monoisotopic (exact) mass is 225 g/mol. The molecule has 0 amide bonds. The van der Waals surface area contributed by atoms with Crippen LogP contribution in [0.2, 0.25) is 0 Å². The van der Waals surface area contributed by atoms with E-state index in [4.69, 9.17) is 10.7 Å². The molecule has 1 unspecified atom stereocenters. The molecular weight excluding hydrogens is 218 g/mol. The summed E-state index contributed by atoms with van der Waals surface area (Å²) in [5.74, 6) is 0. The van der Waals surface area contributed by atoms with Gasteiger partial charge in [-0.15, -0.1) is 0 Å². The summed E-state index contributed by atoms with van der Waals surface area (Å²) < 4.78 is 10.9. The Kier molecular flexibility index (Phi) is 2.70. The lowest BCUT2D eigenvalue weighted by molar-refractivity contribution is 0.691. The summed E-state index contributed by atoms with van der Waals surface area (Å²) in [5, 5.41) is 0. The van der Waals surface area contributed by atoms with Crippen LogP contribution in [0.4, 0.5) is 0 Å². The van der Waals surface area contributed by atoms with Gasteiger partial charge in [0.2, 0.25) is 0 Å². The number of H-pyrrole nitrogens is 1. The third-order valence-electron chi connectivity index (χ3n) is 1.93. The standard InChI is InChI=1S/C10H8ClNOS/c11-14(13)9-6-10(12-7-9)8-4-2-1-3-5-8/h1-7,12H. The van der Waals surface area contributed by atoms with Crippen molar-refractivity contribution >= 4 is 20.7 Å². The van der Waals surface area contributed by atoms with Crippen LogP contribution in [0, 0.1) is 0 Å². The van der Waals surface area contributed by atoms with Crippen molar-refractivity contribution in [3.8, 4) is 11.3 Å². The topological polar surface area (TPSA) is 32.9 Å². The molecule has 1 aromatic carbocycles. The molecule has 0 radical (unpaired) electrons. The summed E-state index contributed by atoms with van der Waals surface area (Å²) in [7, 11) is 4.02. The van der Waals surface area contributed by atoms with Crippen molar-refractivity contribution in [1.82, 2.24) is 4.98 Å². The van der Waals surface area contributed by atoms with Crippen molar-refractivity contribution in [2.45, 2.75) is 4.90 Å². The number of hydrogen-bond acceptors (Lipinski definition) is 1. The van der Waals surface area contributed by atoms with Gasteiger partial charge in [-0.25, -0.2) is 4.21 Å². The van der Waals surface area contributed by atoms with Crippen LogP contribution in [0.25, 0.3) is 11.3 Å². The molecule has 0 aliphatic rings. The van der Waals surface area contributed by atoms with Crippen LogP contribution in [0.15, 0.2) is 47.5 Å². The average Bonchev–Trinajstić information content (AvgIpc) is 2.68. The number of aromatic amines is 1. The van der Waals surface area contributed by atoms with Crippen molar-refractivity contribution in [2.75, 3.05) is 0 Å². The number of benzene rings is 1. The molecular formula is C10H8ClNOS. The molecule has 0 bridgehead atoms. The Balaban J connectivity index is 2.39. The van der Waals surface area contributed by atoms with Gasteiger partial charge in [0.15, 0.2) is 0 Å². The Labute approximate surface area is 88.9 Å². The summed E-state index contributed by atoms with van der Waals surface area (Å²) in [6.07, 6.45) is 1.66. The maximum Gasteiger partial charge on any atom is 0.149 e. The third kappa shape index (κ3) is 1.89. The Morgan fingerprint density at radius 2 is 1.93 bits per heavy atom. The molecule has 1 N–H and O–H groups in total. The van der Waals surface area contributed by atoms with Crippen molar-refractivity contribution < 1.29 is 4.21 Å². The Morgan fingerprint density at radius 3 is 2.50 bits per heavy atom. The van der Waals surface area contributed by atoms with Gasteiger partial charge >= 0.3 is 0 Å². The third-order valence-corrected chi connectivity index (χ3v) is 3.07. The zero-order valence-corrected chi connectivity index (χ0v) is 8.81. The van der Waals surface area contributed by atoms with E-state index in [2.05, 4.69) is 4.98 Å². The molecule has 0 saturated carbocycles. The molecule has 0 aliphatic heterocycles. The molecule has 4 heteroatoms. The maximum absolute atomic E-state index is 10.9. The van der Waals surface area contributed by atoms with E-state index in [1.54, 1.807) is 12.3 Å². The number of rotatable bonds is 2. The number of aromatic nitrogens is 1. The molecule has 2 rings (SSSR count). The van der Waals surface area contributed by atoms with E-state index in [-0.39, 0.29) is 0 Å². The van der Waals surface area contributed by atoms with Gasteiger partial charge in [0.1, 0.15) is 10.0 Å². The first-order valence-electron chi connectivity index (χ1n) is 4.09. The molecule has 72 valence electrons. The molecule has 0 saturated heterocycles. The second-order valence-electron chi connectivity index (χ2n) is 2.84. The smallest absolute Gasteiger partial charge is 0.149 e. The Bertz CT molecular complexity index is 452. The van der Waals surface area contributed by atoms with Crippen molar-refractivity contribution in [3.05, 3.63) is 42.6 Å². The molecule has 14 heavy (non-hydrogen) atoms. The minimum Gasteiger partial charge on any atom is -0.360 e. The van der Waals surface area contributed by atoms with E-state index in [0.29, 0.717) is 4.90 Å². The van der Waals surface area contributed by atoms with Crippen molar-refractivity contribution in [1.29, 1.82) is 0 Å². The fourth-order valence-corrected chi connectivity index (χ4v) is 1.88. The highest BCUT2D eigenvalue weighted by Crippen LogP contribution is 2.21. The van der Waals surface area contributed by atoms with Crippen LogP contribution in [0.5, 0.6) is 0 Å². The molecule has 1 aromatic heterocycles. The molecule has 0 aliphatic carbocycles. The molecule has 0 spiro atoms. The lowest BCUT2D eigenvalue weighted by atomic mass is 10.2. The molecule has 0 fully saturated rings. The van der Waals surface area contributed by atoms with Crippen LogP contribution in [0.1, 0.15) is 0 Å². The second kappa shape index (κ2) is 3.98. The largest absolute Gasteiger partial charge is 0.360 e. The first-order valence-corrected chi connectivity index (χ1v) is 6.07. The zero-order valence-electron chi connectivity index (χ0n) is 7.24. The highest BCUT2D eigenvalue weighted by atomic mass is 35.7. The van der Waals surface area contributed by atoms with Gasteiger partial charge in [-0.05, 0) is 22.3 Å². The quantitative estimate of drug-likeness (QED) is 0.784.